The summed E-state index contributed by atoms with van der Waals surface area (Å²) in [5.41, 5.74) is 1.67. The van der Waals surface area contributed by atoms with E-state index in [0.29, 0.717) is 17.2 Å². The van der Waals surface area contributed by atoms with Crippen LogP contribution in [0.3, 0.4) is 0 Å². The molecular weight excluding hydrogens is 334 g/mol. The number of thioether (sulfide) groups is 1. The van der Waals surface area contributed by atoms with Gasteiger partial charge in [-0.15, -0.1) is 11.8 Å². The molecule has 1 N–H and O–H groups in total. The minimum atomic E-state index is -0.336. The summed E-state index contributed by atoms with van der Waals surface area (Å²) in [6, 6.07) is 20.9. The van der Waals surface area contributed by atoms with Crippen LogP contribution in [0.15, 0.2) is 77.4 Å². The molecule has 3 aromatic rings. The normalized spacial score (nSPS) is 11.7. The minimum Gasteiger partial charge on any atom is -0.497 e. The van der Waals surface area contributed by atoms with Gasteiger partial charge in [0.2, 0.25) is 5.91 Å². The van der Waals surface area contributed by atoms with Crippen LogP contribution >= 0.6 is 11.8 Å². The molecule has 1 amide bonds. The smallest absolute Gasteiger partial charge is 0.242 e. The summed E-state index contributed by atoms with van der Waals surface area (Å²) in [5, 5.41) is 2.64. The van der Waals surface area contributed by atoms with Gasteiger partial charge in [0.25, 0.3) is 0 Å². The van der Waals surface area contributed by atoms with E-state index < -0.39 is 0 Å². The number of furan rings is 1. The molecule has 25 heavy (non-hydrogen) atoms. The molecule has 1 heterocycles. The topological polar surface area (TPSA) is 51.5 Å². The highest BCUT2D eigenvalue weighted by Crippen LogP contribution is 2.33. The number of ether oxygens (including phenoxy) is 1. The van der Waals surface area contributed by atoms with Crippen molar-refractivity contribution in [2.45, 2.75) is 11.0 Å². The molecule has 0 aliphatic heterocycles. The summed E-state index contributed by atoms with van der Waals surface area (Å²) in [7, 11) is 1.60. The first-order chi connectivity index (χ1) is 12.3. The van der Waals surface area contributed by atoms with Gasteiger partial charge in [0.05, 0.1) is 19.1 Å². The van der Waals surface area contributed by atoms with E-state index in [2.05, 4.69) is 5.32 Å². The van der Waals surface area contributed by atoms with Crippen molar-refractivity contribution in [3.05, 3.63) is 84.3 Å². The number of amides is 1. The van der Waals surface area contributed by atoms with E-state index in [4.69, 9.17) is 9.15 Å². The van der Waals surface area contributed by atoms with Crippen LogP contribution < -0.4 is 10.1 Å². The maximum absolute atomic E-state index is 12.9. The molecule has 0 radical (unpaired) electrons. The zero-order valence-corrected chi connectivity index (χ0v) is 14.7. The molecule has 0 aliphatic carbocycles. The second-order valence-corrected chi connectivity index (χ2v) is 6.50. The van der Waals surface area contributed by atoms with Crippen LogP contribution in [-0.2, 0) is 10.5 Å². The maximum Gasteiger partial charge on any atom is 0.242 e. The molecule has 3 rings (SSSR count). The molecule has 1 atom stereocenters. The Labute approximate surface area is 151 Å². The molecule has 0 saturated heterocycles. The number of benzene rings is 2. The van der Waals surface area contributed by atoms with Crippen molar-refractivity contribution in [2.75, 3.05) is 12.4 Å². The largest absolute Gasteiger partial charge is 0.497 e. The average molecular weight is 353 g/mol. The van der Waals surface area contributed by atoms with Crippen LogP contribution in [0.25, 0.3) is 0 Å². The Hall–Kier alpha value is -2.66. The predicted molar refractivity (Wildman–Crippen MR) is 101 cm³/mol. The highest BCUT2D eigenvalue weighted by molar-refractivity contribution is 7.99. The summed E-state index contributed by atoms with van der Waals surface area (Å²) >= 11 is 1.53. The Balaban J connectivity index is 1.76. The third-order valence-electron chi connectivity index (χ3n) is 3.65. The molecule has 0 unspecified atom stereocenters. The van der Waals surface area contributed by atoms with Crippen molar-refractivity contribution in [3.8, 4) is 5.75 Å². The van der Waals surface area contributed by atoms with E-state index in [1.807, 2.05) is 60.7 Å². The molecule has 2 aromatic carbocycles. The fourth-order valence-electron chi connectivity index (χ4n) is 2.42. The maximum atomic E-state index is 12.9. The van der Waals surface area contributed by atoms with Crippen LogP contribution in [-0.4, -0.2) is 13.0 Å². The third-order valence-corrected chi connectivity index (χ3v) is 4.92. The Morgan fingerprint density at radius 3 is 2.68 bits per heavy atom. The number of hydrogen-bond acceptors (Lipinski definition) is 4. The van der Waals surface area contributed by atoms with E-state index >= 15 is 0 Å². The van der Waals surface area contributed by atoms with Gasteiger partial charge in [-0.05, 0) is 29.8 Å². The molecule has 0 bridgehead atoms. The predicted octanol–water partition coefficient (Wildman–Crippen LogP) is 4.90. The molecular formula is C20H19NO3S. The first-order valence-electron chi connectivity index (χ1n) is 7.90. The van der Waals surface area contributed by atoms with E-state index in [-0.39, 0.29) is 11.2 Å². The molecule has 0 fully saturated rings. The molecule has 4 nitrogen and oxygen atoms in total. The number of carbonyl (C=O) groups is 1. The van der Waals surface area contributed by atoms with Crippen LogP contribution in [0.1, 0.15) is 16.6 Å². The van der Waals surface area contributed by atoms with Crippen LogP contribution in [0, 0.1) is 0 Å². The van der Waals surface area contributed by atoms with E-state index in [1.165, 1.54) is 11.8 Å². The molecule has 0 saturated carbocycles. The monoisotopic (exact) mass is 353 g/mol. The Bertz CT molecular complexity index is 803. The average Bonchev–Trinajstić information content (AvgIpc) is 3.16. The van der Waals surface area contributed by atoms with Gasteiger partial charge in [0, 0.05) is 11.8 Å². The Morgan fingerprint density at radius 1 is 1.12 bits per heavy atom. The molecule has 5 heteroatoms. The second kappa shape index (κ2) is 8.44. The number of nitrogens with one attached hydrogen (secondary N) is 1. The lowest BCUT2D eigenvalue weighted by Crippen LogP contribution is -2.19. The fourth-order valence-corrected chi connectivity index (χ4v) is 3.48. The van der Waals surface area contributed by atoms with Gasteiger partial charge in [0.15, 0.2) is 0 Å². The number of carbonyl (C=O) groups excluding carboxylic acids is 1. The summed E-state index contributed by atoms with van der Waals surface area (Å²) < 4.78 is 10.6. The Kier molecular flexibility index (Phi) is 5.80. The third kappa shape index (κ3) is 4.67. The van der Waals surface area contributed by atoms with Crippen molar-refractivity contribution in [1.29, 1.82) is 0 Å². The molecule has 0 aliphatic rings. The standard InChI is InChI=1S/C20H19NO3S/c1-23-17-10-5-9-16(13-17)21-20(22)19(15-7-3-2-4-8-15)25-14-18-11-6-12-24-18/h2-13,19H,14H2,1H3,(H,21,22)/t19-/m0/s1. The van der Waals surface area contributed by atoms with Gasteiger partial charge in [0.1, 0.15) is 16.8 Å². The number of methoxy groups -OCH3 is 1. The van der Waals surface area contributed by atoms with Crippen molar-refractivity contribution in [2.24, 2.45) is 0 Å². The highest BCUT2D eigenvalue weighted by Gasteiger charge is 2.22. The van der Waals surface area contributed by atoms with Gasteiger partial charge in [-0.2, -0.15) is 0 Å². The van der Waals surface area contributed by atoms with Crippen molar-refractivity contribution >= 4 is 23.4 Å². The summed E-state index contributed by atoms with van der Waals surface area (Å²) in [6.45, 7) is 0. The molecule has 128 valence electrons. The summed E-state index contributed by atoms with van der Waals surface area (Å²) in [4.78, 5) is 12.9. The zero-order chi connectivity index (χ0) is 17.5. The fraction of sp³-hybridized carbons (Fsp3) is 0.150. The van der Waals surface area contributed by atoms with Crippen molar-refractivity contribution in [1.82, 2.24) is 0 Å². The van der Waals surface area contributed by atoms with Gasteiger partial charge < -0.3 is 14.5 Å². The lowest BCUT2D eigenvalue weighted by molar-refractivity contribution is -0.115. The number of rotatable bonds is 7. The quantitative estimate of drug-likeness (QED) is 0.656. The van der Waals surface area contributed by atoms with Gasteiger partial charge in [-0.25, -0.2) is 0 Å². The summed E-state index contributed by atoms with van der Waals surface area (Å²) in [5.74, 6) is 2.10. The lowest BCUT2D eigenvalue weighted by atomic mass is 10.1. The van der Waals surface area contributed by atoms with E-state index in [9.17, 15) is 4.79 Å². The minimum absolute atomic E-state index is 0.0731. The SMILES string of the molecule is COc1cccc(NC(=O)[C@@H](SCc2ccco2)c2ccccc2)c1. The first kappa shape index (κ1) is 17.2. The molecule has 0 spiro atoms. The van der Waals surface area contributed by atoms with Crippen LogP contribution in [0.2, 0.25) is 0 Å². The van der Waals surface area contributed by atoms with Gasteiger partial charge in [-0.1, -0.05) is 36.4 Å². The Morgan fingerprint density at radius 2 is 1.96 bits per heavy atom. The number of anilines is 1. The van der Waals surface area contributed by atoms with E-state index in [1.54, 1.807) is 19.4 Å². The highest BCUT2D eigenvalue weighted by atomic mass is 32.2. The molecule has 1 aromatic heterocycles. The number of hydrogen-bond donors (Lipinski definition) is 1. The van der Waals surface area contributed by atoms with Crippen molar-refractivity contribution in [3.63, 3.8) is 0 Å². The van der Waals surface area contributed by atoms with E-state index in [0.717, 1.165) is 11.3 Å². The van der Waals surface area contributed by atoms with Gasteiger partial charge in [-0.3, -0.25) is 4.79 Å². The zero-order valence-electron chi connectivity index (χ0n) is 13.8. The van der Waals surface area contributed by atoms with Crippen molar-refractivity contribution < 1.29 is 13.9 Å². The summed E-state index contributed by atoms with van der Waals surface area (Å²) in [6.07, 6.45) is 1.64. The van der Waals surface area contributed by atoms with Gasteiger partial charge >= 0.3 is 0 Å². The lowest BCUT2D eigenvalue weighted by Gasteiger charge is -2.17. The first-order valence-corrected chi connectivity index (χ1v) is 8.95. The van der Waals surface area contributed by atoms with Crippen LogP contribution in [0.5, 0.6) is 5.75 Å². The second-order valence-electron chi connectivity index (χ2n) is 5.40. The van der Waals surface area contributed by atoms with Crippen LogP contribution in [0.4, 0.5) is 5.69 Å².